The van der Waals surface area contributed by atoms with Crippen LogP contribution in [0.15, 0.2) is 0 Å². The lowest BCUT2D eigenvalue weighted by atomic mass is 10.1. The highest BCUT2D eigenvalue weighted by molar-refractivity contribution is 7.99. The average molecular weight is 260 g/mol. The third-order valence-electron chi connectivity index (χ3n) is 3.14. The largest absolute Gasteiger partial charge is 0.330 e. The Morgan fingerprint density at radius 3 is 1.65 bits per heavy atom. The molecular formula is C15H33NS. The first-order chi connectivity index (χ1) is 8.41. The molecule has 0 aromatic heterocycles. The molecule has 0 aliphatic heterocycles. The molecule has 0 saturated heterocycles. The molecule has 0 radical (unpaired) electrons. The van der Waals surface area contributed by atoms with Gasteiger partial charge in [-0.3, -0.25) is 0 Å². The maximum atomic E-state index is 5.47. The maximum absolute atomic E-state index is 5.47. The summed E-state index contributed by atoms with van der Waals surface area (Å²) < 4.78 is 0. The van der Waals surface area contributed by atoms with Crippen molar-refractivity contribution in [3.05, 3.63) is 0 Å². The summed E-state index contributed by atoms with van der Waals surface area (Å²) >= 11 is 2.14. The molecule has 0 aliphatic carbocycles. The lowest BCUT2D eigenvalue weighted by Crippen LogP contribution is -1.97. The minimum absolute atomic E-state index is 0.871. The van der Waals surface area contributed by atoms with Crippen molar-refractivity contribution < 1.29 is 0 Å². The van der Waals surface area contributed by atoms with E-state index in [0.29, 0.717) is 0 Å². The van der Waals surface area contributed by atoms with Crippen molar-refractivity contribution in [2.45, 2.75) is 77.6 Å². The number of thioether (sulfide) groups is 1. The molecule has 0 fully saturated rings. The minimum atomic E-state index is 0.871. The summed E-state index contributed by atoms with van der Waals surface area (Å²) in [5.41, 5.74) is 5.47. The van der Waals surface area contributed by atoms with Crippen LogP contribution in [0.1, 0.15) is 77.6 Å². The van der Waals surface area contributed by atoms with Gasteiger partial charge in [-0.25, -0.2) is 0 Å². The Kier molecular flexibility index (Phi) is 16.6. The van der Waals surface area contributed by atoms with Crippen LogP contribution in [0.2, 0.25) is 0 Å². The zero-order valence-electron chi connectivity index (χ0n) is 11.9. The van der Waals surface area contributed by atoms with E-state index in [9.17, 15) is 0 Å². The lowest BCUT2D eigenvalue weighted by Gasteiger charge is -2.02. The number of hydrogen-bond donors (Lipinski definition) is 1. The highest BCUT2D eigenvalue weighted by Gasteiger charge is 1.93. The summed E-state index contributed by atoms with van der Waals surface area (Å²) in [6, 6.07) is 0. The third-order valence-corrected chi connectivity index (χ3v) is 4.29. The molecule has 0 unspecified atom stereocenters. The van der Waals surface area contributed by atoms with Gasteiger partial charge in [-0.2, -0.15) is 11.8 Å². The van der Waals surface area contributed by atoms with E-state index in [0.717, 1.165) is 6.54 Å². The van der Waals surface area contributed by atoms with Gasteiger partial charge in [-0.05, 0) is 37.3 Å². The van der Waals surface area contributed by atoms with Gasteiger partial charge < -0.3 is 5.73 Å². The fourth-order valence-corrected chi connectivity index (χ4v) is 3.04. The lowest BCUT2D eigenvalue weighted by molar-refractivity contribution is 0.568. The Hall–Kier alpha value is 0.310. The van der Waals surface area contributed by atoms with Crippen LogP contribution in [-0.4, -0.2) is 18.1 Å². The van der Waals surface area contributed by atoms with Crippen LogP contribution in [0.5, 0.6) is 0 Å². The minimum Gasteiger partial charge on any atom is -0.330 e. The smallest absolute Gasteiger partial charge is 0.00675 e. The molecule has 0 bridgehead atoms. The van der Waals surface area contributed by atoms with Crippen LogP contribution < -0.4 is 5.73 Å². The molecule has 17 heavy (non-hydrogen) atoms. The van der Waals surface area contributed by atoms with Gasteiger partial charge in [0.25, 0.3) is 0 Å². The Labute approximate surface area is 113 Å². The molecule has 0 heterocycles. The van der Waals surface area contributed by atoms with E-state index in [1.807, 2.05) is 0 Å². The topological polar surface area (TPSA) is 26.0 Å². The normalized spacial score (nSPS) is 10.9. The van der Waals surface area contributed by atoms with E-state index in [2.05, 4.69) is 18.7 Å². The van der Waals surface area contributed by atoms with Crippen molar-refractivity contribution in [1.29, 1.82) is 0 Å². The molecule has 0 spiro atoms. The van der Waals surface area contributed by atoms with Gasteiger partial charge in [0.1, 0.15) is 0 Å². The number of nitrogens with two attached hydrogens (primary N) is 1. The predicted molar refractivity (Wildman–Crippen MR) is 82.8 cm³/mol. The zero-order valence-corrected chi connectivity index (χ0v) is 12.7. The molecular weight excluding hydrogens is 226 g/mol. The van der Waals surface area contributed by atoms with Gasteiger partial charge in [-0.15, -0.1) is 0 Å². The molecule has 0 amide bonds. The van der Waals surface area contributed by atoms with Gasteiger partial charge in [0.15, 0.2) is 0 Å². The van der Waals surface area contributed by atoms with E-state index in [1.54, 1.807) is 0 Å². The van der Waals surface area contributed by atoms with E-state index < -0.39 is 0 Å². The summed E-state index contributed by atoms with van der Waals surface area (Å²) in [6.07, 6.45) is 15.3. The first-order valence-corrected chi connectivity index (χ1v) is 8.85. The van der Waals surface area contributed by atoms with Crippen molar-refractivity contribution in [3.63, 3.8) is 0 Å². The first kappa shape index (κ1) is 17.3. The van der Waals surface area contributed by atoms with E-state index >= 15 is 0 Å². The molecule has 2 N–H and O–H groups in total. The summed E-state index contributed by atoms with van der Waals surface area (Å²) in [5, 5.41) is 0. The first-order valence-electron chi connectivity index (χ1n) is 7.69. The summed E-state index contributed by atoms with van der Waals surface area (Å²) in [6.45, 7) is 3.14. The Balaban J connectivity index is 2.85. The molecule has 0 aromatic rings. The molecule has 0 rings (SSSR count). The fraction of sp³-hybridized carbons (Fsp3) is 1.00. The summed E-state index contributed by atoms with van der Waals surface area (Å²) in [4.78, 5) is 0. The molecule has 2 heteroatoms. The van der Waals surface area contributed by atoms with Crippen LogP contribution >= 0.6 is 11.8 Å². The quantitative estimate of drug-likeness (QED) is 0.445. The number of hydrogen-bond acceptors (Lipinski definition) is 2. The van der Waals surface area contributed by atoms with Crippen LogP contribution in [-0.2, 0) is 0 Å². The van der Waals surface area contributed by atoms with Gasteiger partial charge in [0.05, 0.1) is 0 Å². The molecule has 0 saturated carbocycles. The van der Waals surface area contributed by atoms with Crippen LogP contribution in [0, 0.1) is 0 Å². The van der Waals surface area contributed by atoms with Crippen LogP contribution in [0.3, 0.4) is 0 Å². The number of unbranched alkanes of at least 4 members (excludes halogenated alkanes) is 9. The van der Waals surface area contributed by atoms with Crippen molar-refractivity contribution in [2.24, 2.45) is 5.73 Å². The highest BCUT2D eigenvalue weighted by atomic mass is 32.2. The van der Waals surface area contributed by atoms with Crippen LogP contribution in [0.4, 0.5) is 0 Å². The van der Waals surface area contributed by atoms with Gasteiger partial charge >= 0.3 is 0 Å². The molecule has 104 valence electrons. The Bertz CT molecular complexity index is 114. The summed E-state index contributed by atoms with van der Waals surface area (Å²) in [7, 11) is 0. The monoisotopic (exact) mass is 259 g/mol. The second-order valence-corrected chi connectivity index (χ2v) is 6.16. The zero-order chi connectivity index (χ0) is 12.6. The average Bonchev–Trinajstić information content (AvgIpc) is 2.35. The maximum Gasteiger partial charge on any atom is -0.00675 e. The predicted octanol–water partition coefficient (Wildman–Crippen LogP) is 4.99. The van der Waals surface area contributed by atoms with Crippen molar-refractivity contribution in [1.82, 2.24) is 0 Å². The third kappa shape index (κ3) is 16.3. The van der Waals surface area contributed by atoms with Gasteiger partial charge in [0, 0.05) is 0 Å². The molecule has 0 aliphatic rings. The Morgan fingerprint density at radius 2 is 1.12 bits per heavy atom. The van der Waals surface area contributed by atoms with Crippen LogP contribution in [0.25, 0.3) is 0 Å². The van der Waals surface area contributed by atoms with Crippen molar-refractivity contribution >= 4 is 11.8 Å². The highest BCUT2D eigenvalue weighted by Crippen LogP contribution is 2.12. The fourth-order valence-electron chi connectivity index (χ4n) is 1.93. The van der Waals surface area contributed by atoms with E-state index in [-0.39, 0.29) is 0 Å². The summed E-state index contributed by atoms with van der Waals surface area (Å²) in [5.74, 6) is 2.76. The van der Waals surface area contributed by atoms with Crippen molar-refractivity contribution in [2.75, 3.05) is 18.1 Å². The molecule has 0 aromatic carbocycles. The standard InChI is InChI=1S/C15H33NS/c1-2-3-14-17-15-12-10-8-6-4-5-7-9-11-13-16/h2-16H2,1H3. The SMILES string of the molecule is CCCCSCCCCCCCCCCCN. The van der Waals surface area contributed by atoms with Gasteiger partial charge in [-0.1, -0.05) is 58.3 Å². The second-order valence-electron chi connectivity index (χ2n) is 4.94. The van der Waals surface area contributed by atoms with E-state index in [4.69, 9.17) is 5.73 Å². The van der Waals surface area contributed by atoms with Gasteiger partial charge in [0.2, 0.25) is 0 Å². The molecule has 0 atom stereocenters. The molecule has 1 nitrogen and oxygen atoms in total. The number of rotatable bonds is 14. The second kappa shape index (κ2) is 16.3. The van der Waals surface area contributed by atoms with E-state index in [1.165, 1.54) is 82.1 Å². The van der Waals surface area contributed by atoms with Crippen molar-refractivity contribution in [3.8, 4) is 0 Å². The Morgan fingerprint density at radius 1 is 0.647 bits per heavy atom.